The lowest BCUT2D eigenvalue weighted by Crippen LogP contribution is -2.40. The van der Waals surface area contributed by atoms with Crippen molar-refractivity contribution in [3.63, 3.8) is 0 Å². The molecule has 24 heavy (non-hydrogen) atoms. The summed E-state index contributed by atoms with van der Waals surface area (Å²) in [6, 6.07) is 0. The average molecular weight is 460 g/mol. The summed E-state index contributed by atoms with van der Waals surface area (Å²) in [6.45, 7) is 4.45. The van der Waals surface area contributed by atoms with Gasteiger partial charge in [-0.3, -0.25) is 0 Å². The molecule has 0 aromatic rings. The highest BCUT2D eigenvalue weighted by atomic mass is 127. The SMILES string of the molecule is COC1(C)CCOOC2(CCCCC2)OOCCC(C)(CI)OO1. The van der Waals surface area contributed by atoms with Gasteiger partial charge in [-0.25, -0.2) is 19.6 Å². The van der Waals surface area contributed by atoms with E-state index < -0.39 is 17.2 Å². The van der Waals surface area contributed by atoms with E-state index in [2.05, 4.69) is 22.6 Å². The largest absolute Gasteiger partial charge is 0.351 e. The lowest BCUT2D eigenvalue weighted by Gasteiger charge is -2.33. The van der Waals surface area contributed by atoms with Crippen LogP contribution in [0.4, 0.5) is 0 Å². The van der Waals surface area contributed by atoms with Crippen molar-refractivity contribution in [2.75, 3.05) is 24.8 Å². The fourth-order valence-corrected chi connectivity index (χ4v) is 3.06. The number of halogens is 1. The summed E-state index contributed by atoms with van der Waals surface area (Å²) in [5, 5.41) is 0. The van der Waals surface area contributed by atoms with Crippen LogP contribution in [-0.2, 0) is 34.1 Å². The van der Waals surface area contributed by atoms with Crippen molar-refractivity contribution in [3.8, 4) is 0 Å². The maximum Gasteiger partial charge on any atom is 0.233 e. The van der Waals surface area contributed by atoms with Gasteiger partial charge in [-0.15, -0.1) is 0 Å². The molecule has 1 aliphatic heterocycles. The first kappa shape index (κ1) is 20.8. The quantitative estimate of drug-likeness (QED) is 0.353. The number of rotatable bonds is 2. The molecule has 2 atom stereocenters. The second-order valence-corrected chi connectivity index (χ2v) is 7.63. The summed E-state index contributed by atoms with van der Waals surface area (Å²) in [4.78, 5) is 33.3. The number of ether oxygens (including phenoxy) is 1. The Kier molecular flexibility index (Phi) is 8.13. The molecule has 1 spiro atoms. The van der Waals surface area contributed by atoms with Crippen molar-refractivity contribution in [1.82, 2.24) is 0 Å². The summed E-state index contributed by atoms with van der Waals surface area (Å²) < 4.78 is 6.18. The highest BCUT2D eigenvalue weighted by Crippen LogP contribution is 2.34. The lowest BCUT2D eigenvalue weighted by atomic mass is 9.94. The van der Waals surface area contributed by atoms with Gasteiger partial charge in [-0.05, 0) is 26.7 Å². The Morgan fingerprint density at radius 3 is 2.04 bits per heavy atom. The van der Waals surface area contributed by atoms with Gasteiger partial charge < -0.3 is 4.74 Å². The lowest BCUT2D eigenvalue weighted by molar-refractivity contribution is -0.517. The van der Waals surface area contributed by atoms with Gasteiger partial charge in [0.2, 0.25) is 11.6 Å². The van der Waals surface area contributed by atoms with Crippen LogP contribution in [0.15, 0.2) is 0 Å². The van der Waals surface area contributed by atoms with Crippen LogP contribution in [0, 0.1) is 0 Å². The Bertz CT molecular complexity index is 349. The second kappa shape index (κ2) is 9.40. The number of alkyl halides is 1. The van der Waals surface area contributed by atoms with Crippen LogP contribution in [0.25, 0.3) is 0 Å². The maximum atomic E-state index is 5.67. The van der Waals surface area contributed by atoms with Crippen molar-refractivity contribution < 1.29 is 34.1 Å². The van der Waals surface area contributed by atoms with Crippen molar-refractivity contribution >= 4 is 22.6 Å². The van der Waals surface area contributed by atoms with E-state index in [0.29, 0.717) is 26.1 Å². The summed E-state index contributed by atoms with van der Waals surface area (Å²) in [6.07, 6.45) is 5.81. The van der Waals surface area contributed by atoms with Crippen LogP contribution in [-0.4, -0.2) is 41.9 Å². The molecule has 0 radical (unpaired) electrons. The summed E-state index contributed by atoms with van der Waals surface area (Å²) in [5.74, 6) is -1.73. The third-order valence-corrected chi connectivity index (χ3v) is 6.14. The van der Waals surface area contributed by atoms with Crippen LogP contribution >= 0.6 is 22.6 Å². The molecule has 0 amide bonds. The van der Waals surface area contributed by atoms with E-state index in [9.17, 15) is 0 Å². The van der Waals surface area contributed by atoms with Crippen LogP contribution in [0.1, 0.15) is 58.8 Å². The fourth-order valence-electron chi connectivity index (χ4n) is 2.55. The first-order valence-electron chi connectivity index (χ1n) is 8.54. The van der Waals surface area contributed by atoms with E-state index in [1.807, 2.05) is 13.8 Å². The van der Waals surface area contributed by atoms with Crippen LogP contribution in [0.3, 0.4) is 0 Å². The summed E-state index contributed by atoms with van der Waals surface area (Å²) in [5.41, 5.74) is -0.501. The highest BCUT2D eigenvalue weighted by molar-refractivity contribution is 14.1. The molecule has 8 heteroatoms. The molecule has 0 aromatic heterocycles. The smallest absolute Gasteiger partial charge is 0.233 e. The molecule has 1 aliphatic carbocycles. The molecule has 7 nitrogen and oxygen atoms in total. The maximum absolute atomic E-state index is 5.67. The molecule has 2 aliphatic rings. The second-order valence-electron chi connectivity index (χ2n) is 6.87. The van der Waals surface area contributed by atoms with Crippen molar-refractivity contribution in [2.45, 2.75) is 76.0 Å². The van der Waals surface area contributed by atoms with Crippen molar-refractivity contribution in [2.24, 2.45) is 0 Å². The molecule has 2 unspecified atom stereocenters. The minimum Gasteiger partial charge on any atom is -0.351 e. The normalized spacial score (nSPS) is 36.5. The predicted molar refractivity (Wildman–Crippen MR) is 94.0 cm³/mol. The van der Waals surface area contributed by atoms with E-state index in [1.165, 1.54) is 6.42 Å². The van der Waals surface area contributed by atoms with Gasteiger partial charge in [-0.1, -0.05) is 29.0 Å². The van der Waals surface area contributed by atoms with Gasteiger partial charge in [0.1, 0.15) is 5.60 Å². The van der Waals surface area contributed by atoms with Crippen LogP contribution < -0.4 is 0 Å². The van der Waals surface area contributed by atoms with Gasteiger partial charge >= 0.3 is 0 Å². The highest BCUT2D eigenvalue weighted by Gasteiger charge is 2.39. The molecule has 1 heterocycles. The Morgan fingerprint density at radius 1 is 0.833 bits per heavy atom. The first-order chi connectivity index (χ1) is 11.4. The van der Waals surface area contributed by atoms with Gasteiger partial charge in [0.15, 0.2) is 0 Å². The van der Waals surface area contributed by atoms with Gasteiger partial charge in [0.25, 0.3) is 0 Å². The molecule has 1 saturated heterocycles. The Labute approximate surface area is 157 Å². The standard InChI is InChI=1S/C16H29IO7/c1-14(13-17)9-11-19-23-16(7-5-4-6-8-16)24-20-12-10-15(2,18-3)22-21-14/h4-13H2,1-3H3. The summed E-state index contributed by atoms with van der Waals surface area (Å²) >= 11 is 2.27. The monoisotopic (exact) mass is 460 g/mol. The Balaban J connectivity index is 2.04. The molecule has 2 rings (SSSR count). The minimum atomic E-state index is -0.911. The van der Waals surface area contributed by atoms with E-state index in [-0.39, 0.29) is 0 Å². The van der Waals surface area contributed by atoms with Gasteiger partial charge in [0.05, 0.1) is 13.2 Å². The molecule has 2 fully saturated rings. The summed E-state index contributed by atoms with van der Waals surface area (Å²) in [7, 11) is 1.58. The molecule has 0 N–H and O–H groups in total. The molecular formula is C16H29IO7. The topological polar surface area (TPSA) is 64.6 Å². The third kappa shape index (κ3) is 6.01. The van der Waals surface area contributed by atoms with Crippen molar-refractivity contribution in [3.05, 3.63) is 0 Å². The zero-order chi connectivity index (χ0) is 17.5. The van der Waals surface area contributed by atoms with Gasteiger partial charge in [-0.2, -0.15) is 9.78 Å². The predicted octanol–water partition coefficient (Wildman–Crippen LogP) is 3.84. The minimum absolute atomic E-state index is 0.291. The van der Waals surface area contributed by atoms with Crippen LogP contribution in [0.2, 0.25) is 0 Å². The van der Waals surface area contributed by atoms with Crippen molar-refractivity contribution in [1.29, 1.82) is 0 Å². The van der Waals surface area contributed by atoms with E-state index in [4.69, 9.17) is 34.1 Å². The van der Waals surface area contributed by atoms with Crippen LogP contribution in [0.5, 0.6) is 0 Å². The zero-order valence-corrected chi connectivity index (χ0v) is 17.0. The van der Waals surface area contributed by atoms with E-state index in [0.717, 1.165) is 30.1 Å². The molecular weight excluding hydrogens is 431 g/mol. The molecule has 0 bridgehead atoms. The Morgan fingerprint density at radius 2 is 1.46 bits per heavy atom. The van der Waals surface area contributed by atoms with E-state index in [1.54, 1.807) is 7.11 Å². The number of hydrogen-bond donors (Lipinski definition) is 0. The molecule has 0 aromatic carbocycles. The fraction of sp³-hybridized carbons (Fsp3) is 1.00. The third-order valence-electron chi connectivity index (χ3n) is 4.52. The molecule has 1 saturated carbocycles. The number of hydrogen-bond acceptors (Lipinski definition) is 7. The Hall–Kier alpha value is 0.450. The number of methoxy groups -OCH3 is 1. The first-order valence-corrected chi connectivity index (χ1v) is 10.1. The van der Waals surface area contributed by atoms with E-state index >= 15 is 0 Å². The molecule has 142 valence electrons. The van der Waals surface area contributed by atoms with Gasteiger partial charge in [0, 0.05) is 37.2 Å². The average Bonchev–Trinajstić information content (AvgIpc) is 2.62. The zero-order valence-electron chi connectivity index (χ0n) is 14.8.